The largest absolute Gasteiger partial charge is 0.375 e. The van der Waals surface area contributed by atoms with E-state index in [1.807, 2.05) is 25.1 Å². The molecule has 56 valence electrons. The van der Waals surface area contributed by atoms with Crippen molar-refractivity contribution in [3.63, 3.8) is 0 Å². The summed E-state index contributed by atoms with van der Waals surface area (Å²) in [7, 11) is 0. The Kier molecular flexibility index (Phi) is 1.11. The van der Waals surface area contributed by atoms with Crippen molar-refractivity contribution in [3.8, 4) is 0 Å². The van der Waals surface area contributed by atoms with Crippen molar-refractivity contribution in [1.82, 2.24) is 4.98 Å². The summed E-state index contributed by atoms with van der Waals surface area (Å²) in [6.45, 7) is 2.05. The van der Waals surface area contributed by atoms with Crippen LogP contribution in [0.15, 0.2) is 18.2 Å². The lowest BCUT2D eigenvalue weighted by Crippen LogP contribution is -1.78. The highest BCUT2D eigenvalue weighted by Gasteiger charge is 2.01. The summed E-state index contributed by atoms with van der Waals surface area (Å²) in [6, 6.07) is 5.99. The number of hydrogen-bond donors (Lipinski definition) is 1. The average molecular weight is 166 g/mol. The first kappa shape index (κ1) is 5.55. The van der Waals surface area contributed by atoms with Crippen LogP contribution in [0.4, 0.5) is 5.13 Å². The van der Waals surface area contributed by atoms with E-state index in [1.54, 1.807) is 0 Å². The topological polar surface area (TPSA) is 38.9 Å². The lowest BCUT2D eigenvalue weighted by Gasteiger charge is -1.89. The van der Waals surface area contributed by atoms with Gasteiger partial charge in [0.2, 0.25) is 0 Å². The molecule has 2 rings (SSSR count). The van der Waals surface area contributed by atoms with E-state index in [1.165, 1.54) is 16.9 Å². The standard InChI is InChI=1S/C8H8N2S/c1-5-3-2-4-6-7(5)11-8(9)10-6/h2-4H,1H3,(H2,9,10)/i/hT. The third kappa shape index (κ3) is 0.973. The zero-order chi connectivity index (χ0) is 8.55. The molecule has 0 fully saturated rings. The molecule has 2 aromatic rings. The van der Waals surface area contributed by atoms with E-state index >= 15 is 0 Å². The number of nitrogens with two attached hydrogens (primary N) is 1. The molecule has 2 N–H and O–H groups in total. The normalized spacial score (nSPS) is 11.5. The van der Waals surface area contributed by atoms with E-state index < -0.39 is 0 Å². The number of anilines is 1. The maximum atomic E-state index is 6.94. The number of thiazole rings is 1. The van der Waals surface area contributed by atoms with Crippen LogP contribution >= 0.6 is 11.3 Å². The van der Waals surface area contributed by atoms with Crippen LogP contribution in [0, 0.1) is 6.92 Å². The van der Waals surface area contributed by atoms with Gasteiger partial charge in [-0.15, -0.1) is 0 Å². The highest BCUT2D eigenvalue weighted by atomic mass is 32.1. The summed E-state index contributed by atoms with van der Waals surface area (Å²) in [5, 5.41) is 0.652. The fourth-order valence-corrected chi connectivity index (χ4v) is 1.87. The quantitative estimate of drug-likeness (QED) is 0.705. The Morgan fingerprint density at radius 3 is 3.27 bits per heavy atom. The lowest BCUT2D eigenvalue weighted by atomic mass is 10.2. The Morgan fingerprint density at radius 1 is 1.64 bits per heavy atom. The number of hydrogen-bond acceptors (Lipinski definition) is 3. The molecule has 0 bridgehead atoms. The maximum Gasteiger partial charge on any atom is 0.181 e. The summed E-state index contributed by atoms with van der Waals surface area (Å²) >= 11 is 1.51. The van der Waals surface area contributed by atoms with Gasteiger partial charge in [0.05, 0.1) is 10.2 Å². The van der Waals surface area contributed by atoms with Gasteiger partial charge >= 0.3 is 0 Å². The lowest BCUT2D eigenvalue weighted by molar-refractivity contribution is 1.47. The molecule has 3 heteroatoms. The van der Waals surface area contributed by atoms with Crippen LogP contribution in [0.3, 0.4) is 0 Å². The average Bonchev–Trinajstić information content (AvgIpc) is 2.49. The maximum absolute atomic E-state index is 6.94. The highest BCUT2D eigenvalue weighted by molar-refractivity contribution is 7.22. The molecule has 0 aliphatic rings. The van der Waals surface area contributed by atoms with Crippen molar-refractivity contribution in [2.24, 2.45) is 0 Å². The predicted octanol–water partition coefficient (Wildman–Crippen LogP) is 2.19. The predicted molar refractivity (Wildman–Crippen MR) is 48.8 cm³/mol. The minimum atomic E-state index is 0.652. The zero-order valence-electron chi connectivity index (χ0n) is 7.09. The van der Waals surface area contributed by atoms with Crippen LogP contribution in [0.1, 0.15) is 5.56 Å². The van der Waals surface area contributed by atoms with Gasteiger partial charge in [-0.25, -0.2) is 4.98 Å². The van der Waals surface area contributed by atoms with Crippen LogP contribution in [-0.2, 0) is 0 Å². The van der Waals surface area contributed by atoms with Gasteiger partial charge in [0.1, 0.15) is 0 Å². The fourth-order valence-electron chi connectivity index (χ4n) is 1.09. The fraction of sp³-hybridized carbons (Fsp3) is 0.125. The van der Waals surface area contributed by atoms with Gasteiger partial charge in [0.15, 0.2) is 6.54 Å². The molecule has 0 saturated carbocycles. The second-order valence-electron chi connectivity index (χ2n) is 2.44. The Morgan fingerprint density at radius 2 is 2.55 bits per heavy atom. The molecular weight excluding hydrogens is 156 g/mol. The third-order valence-corrected chi connectivity index (χ3v) is 2.63. The molecule has 0 aliphatic heterocycles. The number of fused-ring (bicyclic) bond motifs is 1. The van der Waals surface area contributed by atoms with Gasteiger partial charge in [0.25, 0.3) is 0 Å². The van der Waals surface area contributed by atoms with Gasteiger partial charge < -0.3 is 5.73 Å². The van der Waals surface area contributed by atoms with Crippen LogP contribution in [0.5, 0.6) is 0 Å². The Balaban J connectivity index is 2.74. The van der Waals surface area contributed by atoms with E-state index in [0.29, 0.717) is 5.13 Å². The van der Waals surface area contributed by atoms with Crippen LogP contribution in [0.25, 0.3) is 10.2 Å². The molecule has 0 saturated heterocycles. The molecule has 0 atom stereocenters. The second kappa shape index (κ2) is 2.20. The van der Waals surface area contributed by atoms with Gasteiger partial charge in [-0.3, -0.25) is 0 Å². The Bertz CT molecular complexity index is 410. The van der Waals surface area contributed by atoms with Crippen molar-refractivity contribution >= 4 is 26.7 Å². The van der Waals surface area contributed by atoms with Gasteiger partial charge in [-0.1, -0.05) is 23.5 Å². The Hall–Kier alpha value is -1.09. The van der Waals surface area contributed by atoms with Crippen molar-refractivity contribution in [3.05, 3.63) is 23.8 Å². The first-order chi connectivity index (χ1) is 5.81. The van der Waals surface area contributed by atoms with Crippen LogP contribution in [-0.4, -0.2) is 4.98 Å². The molecule has 0 unspecified atom stereocenters. The van der Waals surface area contributed by atoms with Crippen molar-refractivity contribution in [2.45, 2.75) is 6.92 Å². The Labute approximate surface area is 70.1 Å². The molecule has 0 aliphatic carbocycles. The number of aryl methyl sites for hydroxylation is 1. The van der Waals surface area contributed by atoms with Gasteiger partial charge in [0, 0.05) is 0 Å². The number of benzene rings is 1. The summed E-state index contributed by atoms with van der Waals surface area (Å²) in [5.74, 6) is 0. The number of nitrogens with zero attached hydrogens (tertiary/aromatic N) is 1. The molecule has 0 spiro atoms. The van der Waals surface area contributed by atoms with E-state index in [2.05, 4.69) is 10.7 Å². The van der Waals surface area contributed by atoms with E-state index in [4.69, 9.17) is 1.41 Å². The van der Waals surface area contributed by atoms with Crippen molar-refractivity contribution in [2.75, 3.05) is 5.73 Å². The summed E-state index contributed by atoms with van der Waals surface area (Å²) in [5.41, 5.74) is 4.48. The smallest absolute Gasteiger partial charge is 0.181 e. The summed E-state index contributed by atoms with van der Waals surface area (Å²) < 4.78 is 8.10. The zero-order valence-corrected chi connectivity index (χ0v) is 6.90. The number of aromatic nitrogens is 1. The van der Waals surface area contributed by atoms with Gasteiger partial charge in [-0.05, 0) is 18.6 Å². The van der Waals surface area contributed by atoms with Crippen molar-refractivity contribution in [1.29, 1.82) is 0 Å². The number of rotatable bonds is 1. The first-order valence-electron chi connectivity index (χ1n) is 3.85. The van der Waals surface area contributed by atoms with Gasteiger partial charge in [-0.2, -0.15) is 0 Å². The minimum absolute atomic E-state index is 0.652. The summed E-state index contributed by atoms with van der Waals surface area (Å²) in [4.78, 5) is 4.21. The molecular formula is C8H8N2S. The highest BCUT2D eigenvalue weighted by Crippen LogP contribution is 2.25. The molecule has 2 nitrogen and oxygen atoms in total. The summed E-state index contributed by atoms with van der Waals surface area (Å²) in [6.07, 6.45) is 0. The molecule has 0 radical (unpaired) electrons. The van der Waals surface area contributed by atoms with Crippen LogP contribution in [0.2, 0.25) is 1.41 Å². The van der Waals surface area contributed by atoms with Crippen molar-refractivity contribution < 1.29 is 1.41 Å². The van der Waals surface area contributed by atoms with E-state index in [-0.39, 0.29) is 0 Å². The minimum Gasteiger partial charge on any atom is -0.375 e. The second-order valence-corrected chi connectivity index (χ2v) is 3.44. The van der Waals surface area contributed by atoms with E-state index in [0.717, 1.165) is 10.2 Å². The monoisotopic (exact) mass is 166 g/mol. The molecule has 11 heavy (non-hydrogen) atoms. The van der Waals surface area contributed by atoms with Crippen LogP contribution < -0.4 is 5.73 Å². The SMILES string of the molecule is [3H]Nc1nc2cccc(C)c2s1. The first-order valence-corrected chi connectivity index (χ1v) is 4.17. The molecule has 1 aromatic heterocycles. The third-order valence-electron chi connectivity index (χ3n) is 1.61. The molecule has 0 amide bonds. The number of nitrogen functional groups attached to an aromatic ring is 1. The molecule has 1 aromatic carbocycles. The van der Waals surface area contributed by atoms with E-state index in [9.17, 15) is 0 Å². The molecule has 1 heterocycles.